The van der Waals surface area contributed by atoms with E-state index in [1.165, 1.54) is 6.20 Å². The minimum Gasteiger partial charge on any atom is -0.434 e. The van der Waals surface area contributed by atoms with Crippen molar-refractivity contribution >= 4 is 38.6 Å². The lowest BCUT2D eigenvalue weighted by Gasteiger charge is -2.17. The average Bonchev–Trinajstić information content (AvgIpc) is 2.85. The van der Waals surface area contributed by atoms with Crippen molar-refractivity contribution in [2.75, 3.05) is 0 Å². The number of aliphatic hydroxyl groups excluding tert-OH is 1. The van der Waals surface area contributed by atoms with E-state index in [0.29, 0.717) is 15.5 Å². The zero-order chi connectivity index (χ0) is 18.3. The molecule has 1 unspecified atom stereocenters. The summed E-state index contributed by atoms with van der Waals surface area (Å²) < 4.78 is 52.0. The van der Waals surface area contributed by atoms with Crippen LogP contribution in [-0.2, 0) is 0 Å². The van der Waals surface area contributed by atoms with Gasteiger partial charge >= 0.3 is 6.61 Å². The number of ether oxygens (including phenoxy) is 1. The summed E-state index contributed by atoms with van der Waals surface area (Å²) in [4.78, 5) is 6.71. The van der Waals surface area contributed by atoms with Gasteiger partial charge in [0.05, 0.1) is 6.39 Å². The zero-order valence-electron chi connectivity index (χ0n) is 12.7. The maximum atomic E-state index is 13.8. The summed E-state index contributed by atoms with van der Waals surface area (Å²) in [5, 5.41) is 10.5. The molecule has 0 spiro atoms. The number of hydrogen-bond acceptors (Lipinski definition) is 3. The molecule has 24 heavy (non-hydrogen) atoms. The molecule has 1 aromatic carbocycles. The number of rotatable bonds is 4. The molecule has 2 aromatic heterocycles. The van der Waals surface area contributed by atoms with Crippen LogP contribution in [0.1, 0.15) is 18.6 Å². The van der Waals surface area contributed by atoms with E-state index in [0.717, 1.165) is 12.1 Å². The minimum atomic E-state index is -3.19. The molecule has 0 saturated carbocycles. The molecule has 2 N–H and O–H groups in total. The summed E-state index contributed by atoms with van der Waals surface area (Å²) in [5.41, 5.74) is -0.0853. The predicted octanol–water partition coefficient (Wildman–Crippen LogP) is 4.80. The molecule has 3 rings (SSSR count). The summed E-state index contributed by atoms with van der Waals surface area (Å²) in [6, 6.07) is 3.38. The Hall–Kier alpha value is -1.77. The Balaban J connectivity index is 2.22. The van der Waals surface area contributed by atoms with Crippen LogP contribution in [0.15, 0.2) is 35.0 Å². The number of benzene rings is 1. The number of nitrogens with zero attached hydrogens (tertiary/aromatic N) is 1. The second-order valence-electron chi connectivity index (χ2n) is 4.77. The smallest absolute Gasteiger partial charge is 0.387 e. The van der Waals surface area contributed by atoms with Crippen LogP contribution in [-0.4, -0.2) is 21.7 Å². The molecule has 126 valence electrons. The minimum absolute atomic E-state index is 0.00964. The fourth-order valence-electron chi connectivity index (χ4n) is 2.30. The maximum absolute atomic E-state index is 13.8. The van der Waals surface area contributed by atoms with Gasteiger partial charge in [-0.25, -0.2) is 9.37 Å². The lowest BCUT2D eigenvalue weighted by molar-refractivity contribution is -0.0513. The van der Waals surface area contributed by atoms with Crippen molar-refractivity contribution in [3.8, 4) is 5.75 Å². The SMILES string of the molecule is [2H]c1[nH]c2ncc(Br)cc2c1C(O)c1c(OC(F)F)ccc(F)c1Cl. The third kappa shape index (κ3) is 3.09. The van der Waals surface area contributed by atoms with E-state index >= 15 is 0 Å². The second-order valence-corrected chi connectivity index (χ2v) is 6.06. The van der Waals surface area contributed by atoms with E-state index in [9.17, 15) is 18.3 Å². The van der Waals surface area contributed by atoms with Gasteiger partial charge in [-0.05, 0) is 34.1 Å². The number of aromatic amines is 1. The molecule has 9 heteroatoms. The fraction of sp³-hybridized carbons (Fsp3) is 0.133. The van der Waals surface area contributed by atoms with Gasteiger partial charge in [0.15, 0.2) is 0 Å². The molecule has 0 aliphatic carbocycles. The lowest BCUT2D eigenvalue weighted by atomic mass is 10.0. The molecular weight excluding hydrogens is 413 g/mol. The standard InChI is InChI=1S/C15H9BrClF3N2O2/c16-6-3-7-8(5-22-14(7)21-4-6)13(23)11-10(24-15(19)20)2-1-9(18)12(11)17/h1-5,13,15,23H,(H,21,22)/i5D. The molecule has 0 amide bonds. The predicted molar refractivity (Wildman–Crippen MR) is 85.9 cm³/mol. The third-order valence-corrected chi connectivity index (χ3v) is 4.13. The average molecular weight is 423 g/mol. The van der Waals surface area contributed by atoms with E-state index < -0.39 is 34.9 Å². The van der Waals surface area contributed by atoms with Crippen LogP contribution in [0.4, 0.5) is 13.2 Å². The molecule has 0 fully saturated rings. The zero-order valence-corrected chi connectivity index (χ0v) is 14.0. The van der Waals surface area contributed by atoms with Crippen molar-refractivity contribution in [2.24, 2.45) is 0 Å². The van der Waals surface area contributed by atoms with Crippen LogP contribution in [0.5, 0.6) is 5.75 Å². The summed E-state index contributed by atoms with van der Waals surface area (Å²) in [5.74, 6) is -1.39. The van der Waals surface area contributed by atoms with Gasteiger partial charge in [-0.15, -0.1) is 0 Å². The molecule has 0 saturated heterocycles. The van der Waals surface area contributed by atoms with Gasteiger partial charge in [0, 0.05) is 33.4 Å². The molecule has 1 atom stereocenters. The van der Waals surface area contributed by atoms with Crippen LogP contribution in [0.3, 0.4) is 0 Å². The van der Waals surface area contributed by atoms with Gasteiger partial charge in [-0.3, -0.25) is 0 Å². The summed E-state index contributed by atoms with van der Waals surface area (Å²) >= 11 is 9.10. The number of alkyl halides is 2. The topological polar surface area (TPSA) is 58.1 Å². The van der Waals surface area contributed by atoms with E-state index in [4.69, 9.17) is 13.0 Å². The summed E-state index contributed by atoms with van der Waals surface area (Å²) in [6.07, 6.45) is -0.416. The first kappa shape index (κ1) is 15.7. The molecular formula is C15H9BrClF3N2O2. The number of nitrogens with one attached hydrogen (secondary N) is 1. The molecule has 0 bridgehead atoms. The largest absolute Gasteiger partial charge is 0.434 e. The highest BCUT2D eigenvalue weighted by Crippen LogP contribution is 2.40. The van der Waals surface area contributed by atoms with E-state index in [1.54, 1.807) is 6.07 Å². The molecule has 0 radical (unpaired) electrons. The first-order valence-corrected chi connectivity index (χ1v) is 7.71. The molecule has 2 heterocycles. The van der Waals surface area contributed by atoms with Crippen LogP contribution >= 0.6 is 27.5 Å². The Kier molecular flexibility index (Phi) is 4.34. The summed E-state index contributed by atoms with van der Waals surface area (Å²) in [7, 11) is 0. The number of hydrogen-bond donors (Lipinski definition) is 2. The van der Waals surface area contributed by atoms with Crippen LogP contribution in [0.2, 0.25) is 5.02 Å². The molecule has 0 aliphatic rings. The summed E-state index contributed by atoms with van der Waals surface area (Å²) in [6.45, 7) is -3.19. The monoisotopic (exact) mass is 421 g/mol. The van der Waals surface area contributed by atoms with Crippen molar-refractivity contribution in [1.82, 2.24) is 9.97 Å². The van der Waals surface area contributed by atoms with Crippen LogP contribution in [0.25, 0.3) is 11.0 Å². The first-order valence-electron chi connectivity index (χ1n) is 7.04. The lowest BCUT2D eigenvalue weighted by Crippen LogP contribution is -2.09. The van der Waals surface area contributed by atoms with Gasteiger partial charge in [0.1, 0.15) is 23.3 Å². The fourth-order valence-corrected chi connectivity index (χ4v) is 2.89. The normalized spacial score (nSPS) is 13.4. The van der Waals surface area contributed by atoms with Gasteiger partial charge in [-0.2, -0.15) is 8.78 Å². The number of pyridine rings is 1. The van der Waals surface area contributed by atoms with Crippen LogP contribution < -0.4 is 4.74 Å². The number of halogens is 5. The van der Waals surface area contributed by atoms with Gasteiger partial charge in [-0.1, -0.05) is 11.6 Å². The maximum Gasteiger partial charge on any atom is 0.387 e. The molecule has 3 aromatic rings. The third-order valence-electron chi connectivity index (χ3n) is 3.32. The second kappa shape index (κ2) is 6.62. The Morgan fingerprint density at radius 2 is 2.17 bits per heavy atom. The number of aromatic nitrogens is 2. The Morgan fingerprint density at radius 3 is 2.88 bits per heavy atom. The van der Waals surface area contributed by atoms with Gasteiger partial charge in [0.25, 0.3) is 0 Å². The van der Waals surface area contributed by atoms with Crippen LogP contribution in [0, 0.1) is 5.82 Å². The van der Waals surface area contributed by atoms with E-state index in [2.05, 4.69) is 30.6 Å². The van der Waals surface area contributed by atoms with Gasteiger partial charge < -0.3 is 14.8 Å². The highest BCUT2D eigenvalue weighted by atomic mass is 79.9. The number of fused-ring (bicyclic) bond motifs is 1. The first-order chi connectivity index (χ1) is 11.8. The van der Waals surface area contributed by atoms with Gasteiger partial charge in [0.2, 0.25) is 0 Å². The van der Waals surface area contributed by atoms with Crippen molar-refractivity contribution in [1.29, 1.82) is 0 Å². The van der Waals surface area contributed by atoms with Crippen molar-refractivity contribution in [3.05, 3.63) is 57.0 Å². The molecule has 4 nitrogen and oxygen atoms in total. The molecule has 0 aliphatic heterocycles. The Morgan fingerprint density at radius 1 is 1.42 bits per heavy atom. The van der Waals surface area contributed by atoms with E-state index in [-0.39, 0.29) is 11.7 Å². The van der Waals surface area contributed by atoms with Crippen molar-refractivity contribution in [2.45, 2.75) is 12.7 Å². The van der Waals surface area contributed by atoms with Crippen molar-refractivity contribution in [3.63, 3.8) is 0 Å². The number of H-pyrrole nitrogens is 1. The van der Waals surface area contributed by atoms with Crippen molar-refractivity contribution < 1.29 is 24.4 Å². The number of aliphatic hydroxyl groups is 1. The van der Waals surface area contributed by atoms with E-state index in [1.807, 2.05) is 0 Å². The quantitative estimate of drug-likeness (QED) is 0.635. The highest BCUT2D eigenvalue weighted by molar-refractivity contribution is 9.10. The highest BCUT2D eigenvalue weighted by Gasteiger charge is 2.26. The Labute approximate surface area is 148 Å². The Bertz CT molecular complexity index is 954.